The Kier molecular flexibility index (Phi) is 5.79. The number of piperidine rings is 1. The minimum atomic E-state index is -0.0959. The predicted molar refractivity (Wildman–Crippen MR) is 135 cm³/mol. The first-order valence-corrected chi connectivity index (χ1v) is 12.7. The van der Waals surface area contributed by atoms with Crippen LogP contribution in [0.15, 0.2) is 48.5 Å². The molecule has 2 aromatic carbocycles. The van der Waals surface area contributed by atoms with Gasteiger partial charge in [-0.3, -0.25) is 9.59 Å². The SMILES string of the molecule is Cc1cccc(-c2sc(C)nc2C(=O)N2[C@H](CNC(=O)c3cccc(I)c3)C[C@@H]3C[C@@H]32)c1. The van der Waals surface area contributed by atoms with E-state index < -0.39 is 0 Å². The number of fused-ring (bicyclic) bond motifs is 1. The zero-order valence-electron chi connectivity index (χ0n) is 18.0. The van der Waals surface area contributed by atoms with Crippen molar-refractivity contribution in [3.63, 3.8) is 0 Å². The van der Waals surface area contributed by atoms with E-state index in [1.807, 2.05) is 48.2 Å². The first-order chi connectivity index (χ1) is 15.4. The third-order valence-corrected chi connectivity index (χ3v) is 7.94. The van der Waals surface area contributed by atoms with Crippen LogP contribution in [0.1, 0.15) is 44.3 Å². The molecular formula is C25H24IN3O2S. The van der Waals surface area contributed by atoms with Gasteiger partial charge in [0.05, 0.1) is 15.9 Å². The lowest BCUT2D eigenvalue weighted by molar-refractivity contribution is 0.0684. The molecule has 32 heavy (non-hydrogen) atoms. The molecule has 0 bridgehead atoms. The normalized spacial score (nSPS) is 21.3. The molecule has 164 valence electrons. The third-order valence-electron chi connectivity index (χ3n) is 6.25. The van der Waals surface area contributed by atoms with E-state index in [4.69, 9.17) is 0 Å². The molecule has 7 heteroatoms. The van der Waals surface area contributed by atoms with Crippen LogP contribution in [0.2, 0.25) is 0 Å². The van der Waals surface area contributed by atoms with Gasteiger partial charge in [0.2, 0.25) is 0 Å². The summed E-state index contributed by atoms with van der Waals surface area (Å²) in [5, 5.41) is 3.94. The van der Waals surface area contributed by atoms with Gasteiger partial charge in [0.25, 0.3) is 11.8 Å². The van der Waals surface area contributed by atoms with Gasteiger partial charge in [0.15, 0.2) is 0 Å². The van der Waals surface area contributed by atoms with E-state index in [0.717, 1.165) is 37.4 Å². The number of amides is 2. The Bertz CT molecular complexity index is 1210. The van der Waals surface area contributed by atoms with Gasteiger partial charge in [-0.25, -0.2) is 4.98 Å². The first kappa shape index (κ1) is 21.6. The molecule has 0 radical (unpaired) electrons. The largest absolute Gasteiger partial charge is 0.350 e. The number of nitrogens with one attached hydrogen (secondary N) is 1. The molecule has 2 aliphatic rings. The van der Waals surface area contributed by atoms with Crippen molar-refractivity contribution in [2.45, 2.75) is 38.8 Å². The zero-order valence-corrected chi connectivity index (χ0v) is 20.9. The molecule has 1 saturated heterocycles. The minimum absolute atomic E-state index is 0.00495. The number of carbonyl (C=O) groups is 2. The summed E-state index contributed by atoms with van der Waals surface area (Å²) in [5.74, 6) is 0.437. The molecule has 3 aromatic rings. The lowest BCUT2D eigenvalue weighted by atomic mass is 10.1. The van der Waals surface area contributed by atoms with Gasteiger partial charge in [-0.15, -0.1) is 11.3 Å². The highest BCUT2D eigenvalue weighted by Gasteiger charge is 2.54. The second-order valence-electron chi connectivity index (χ2n) is 8.67. The van der Waals surface area contributed by atoms with Crippen LogP contribution in [0.25, 0.3) is 10.4 Å². The van der Waals surface area contributed by atoms with Crippen molar-refractivity contribution in [3.05, 3.63) is 73.9 Å². The number of benzene rings is 2. The van der Waals surface area contributed by atoms with Crippen LogP contribution in [0, 0.1) is 23.3 Å². The number of nitrogens with zero attached hydrogens (tertiary/aromatic N) is 2. The summed E-state index contributed by atoms with van der Waals surface area (Å²) in [6.45, 7) is 4.47. The standard InChI is InChI=1S/C25H24IN3O2S/c1-14-5-3-6-16(9-14)23-22(28-15(2)32-23)25(31)29-20(11-18-12-21(18)29)13-27-24(30)17-7-4-8-19(26)10-17/h3-10,18,20-21H,11-13H2,1-2H3,(H,27,30)/t18-,20+,21+/m1/s1. The van der Waals surface area contributed by atoms with Gasteiger partial charge in [-0.1, -0.05) is 35.9 Å². The maximum Gasteiger partial charge on any atom is 0.274 e. The molecule has 0 unspecified atom stereocenters. The average Bonchev–Trinajstić information content (AvgIpc) is 3.26. The quantitative estimate of drug-likeness (QED) is 0.446. The number of aromatic nitrogens is 1. The fourth-order valence-electron chi connectivity index (χ4n) is 4.68. The maximum absolute atomic E-state index is 13.7. The topological polar surface area (TPSA) is 62.3 Å². The molecule has 3 atom stereocenters. The second-order valence-corrected chi connectivity index (χ2v) is 11.1. The van der Waals surface area contributed by atoms with Gasteiger partial charge in [0.1, 0.15) is 5.69 Å². The fourth-order valence-corrected chi connectivity index (χ4v) is 6.13. The van der Waals surface area contributed by atoms with Crippen molar-refractivity contribution in [3.8, 4) is 10.4 Å². The van der Waals surface area contributed by atoms with Gasteiger partial charge in [0, 0.05) is 21.7 Å². The zero-order chi connectivity index (χ0) is 22.4. The summed E-state index contributed by atoms with van der Waals surface area (Å²) >= 11 is 3.77. The van der Waals surface area contributed by atoms with E-state index >= 15 is 0 Å². The molecule has 5 rings (SSSR count). The second kappa shape index (κ2) is 8.59. The summed E-state index contributed by atoms with van der Waals surface area (Å²) < 4.78 is 1.02. The highest BCUT2D eigenvalue weighted by molar-refractivity contribution is 14.1. The van der Waals surface area contributed by atoms with E-state index in [1.54, 1.807) is 11.3 Å². The van der Waals surface area contributed by atoms with Crippen molar-refractivity contribution in [2.24, 2.45) is 5.92 Å². The highest BCUT2D eigenvalue weighted by atomic mass is 127. The summed E-state index contributed by atoms with van der Waals surface area (Å²) in [4.78, 5) is 33.9. The Morgan fingerprint density at radius 1 is 1.16 bits per heavy atom. The number of carbonyl (C=O) groups excluding carboxylic acids is 2. The Hall–Kier alpha value is -2.26. The Morgan fingerprint density at radius 3 is 2.75 bits per heavy atom. The van der Waals surface area contributed by atoms with Gasteiger partial charge in [-0.2, -0.15) is 0 Å². The third kappa shape index (κ3) is 4.20. The molecular weight excluding hydrogens is 533 g/mol. The van der Waals surface area contributed by atoms with Gasteiger partial charge in [-0.05, 0) is 79.0 Å². The number of rotatable bonds is 5. The van der Waals surface area contributed by atoms with E-state index in [2.05, 4.69) is 51.9 Å². The number of halogens is 1. The molecule has 1 aliphatic heterocycles. The smallest absolute Gasteiger partial charge is 0.274 e. The molecule has 1 aromatic heterocycles. The van der Waals surface area contributed by atoms with Gasteiger partial charge < -0.3 is 10.2 Å². The number of likely N-dealkylation sites (tertiary alicyclic amines) is 1. The summed E-state index contributed by atoms with van der Waals surface area (Å²) in [6.07, 6.45) is 1.99. The maximum atomic E-state index is 13.7. The highest BCUT2D eigenvalue weighted by Crippen LogP contribution is 2.48. The lowest BCUT2D eigenvalue weighted by Gasteiger charge is -2.27. The van der Waals surface area contributed by atoms with Crippen molar-refractivity contribution in [1.29, 1.82) is 0 Å². The van der Waals surface area contributed by atoms with Crippen LogP contribution in [0.3, 0.4) is 0 Å². The average molecular weight is 557 g/mol. The van der Waals surface area contributed by atoms with Crippen molar-refractivity contribution in [2.75, 3.05) is 6.54 Å². The molecule has 1 saturated carbocycles. The monoisotopic (exact) mass is 557 g/mol. The molecule has 0 spiro atoms. The molecule has 1 N–H and O–H groups in total. The summed E-state index contributed by atoms with van der Waals surface area (Å²) in [7, 11) is 0. The van der Waals surface area contributed by atoms with E-state index in [0.29, 0.717) is 23.7 Å². The van der Waals surface area contributed by atoms with Crippen molar-refractivity contribution >= 4 is 45.7 Å². The van der Waals surface area contributed by atoms with E-state index in [9.17, 15) is 9.59 Å². The Labute approximate surface area is 205 Å². The number of thiazole rings is 1. The summed E-state index contributed by atoms with van der Waals surface area (Å²) in [5.41, 5.74) is 3.38. The molecule has 5 nitrogen and oxygen atoms in total. The van der Waals surface area contributed by atoms with E-state index in [1.165, 1.54) is 0 Å². The lowest BCUT2D eigenvalue weighted by Crippen LogP contribution is -2.45. The van der Waals surface area contributed by atoms with Crippen molar-refractivity contribution in [1.82, 2.24) is 15.2 Å². The predicted octanol–water partition coefficient (Wildman–Crippen LogP) is 5.06. The Balaban J connectivity index is 1.36. The van der Waals surface area contributed by atoms with E-state index in [-0.39, 0.29) is 23.9 Å². The number of hydrogen-bond acceptors (Lipinski definition) is 4. The fraction of sp³-hybridized carbons (Fsp3) is 0.320. The molecule has 2 heterocycles. The molecule has 1 aliphatic carbocycles. The number of aryl methyl sites for hydroxylation is 2. The Morgan fingerprint density at radius 2 is 1.97 bits per heavy atom. The van der Waals surface area contributed by atoms with Crippen LogP contribution in [-0.2, 0) is 0 Å². The van der Waals surface area contributed by atoms with Crippen LogP contribution < -0.4 is 5.32 Å². The molecule has 2 fully saturated rings. The van der Waals surface area contributed by atoms with Crippen molar-refractivity contribution < 1.29 is 9.59 Å². The van der Waals surface area contributed by atoms with Crippen LogP contribution in [0.4, 0.5) is 0 Å². The number of hydrogen-bond donors (Lipinski definition) is 1. The van der Waals surface area contributed by atoms with Crippen LogP contribution >= 0.6 is 33.9 Å². The van der Waals surface area contributed by atoms with Crippen LogP contribution in [0.5, 0.6) is 0 Å². The first-order valence-electron chi connectivity index (χ1n) is 10.8. The summed E-state index contributed by atoms with van der Waals surface area (Å²) in [6, 6.07) is 16.0. The van der Waals surface area contributed by atoms with Gasteiger partial charge >= 0.3 is 0 Å². The van der Waals surface area contributed by atoms with Crippen LogP contribution in [-0.4, -0.2) is 40.3 Å². The minimum Gasteiger partial charge on any atom is -0.350 e. The molecule has 2 amide bonds.